The number of carbonyl (C=O) groups is 2. The number of hydrogen-bond acceptors (Lipinski definition) is 3. The third kappa shape index (κ3) is 4.00. The molecule has 0 bridgehead atoms. The van der Waals surface area contributed by atoms with E-state index in [0.29, 0.717) is 24.9 Å². The van der Waals surface area contributed by atoms with E-state index in [9.17, 15) is 9.59 Å². The number of rotatable bonds is 4. The van der Waals surface area contributed by atoms with Crippen molar-refractivity contribution >= 4 is 11.9 Å². The van der Waals surface area contributed by atoms with E-state index >= 15 is 0 Å². The number of nitrogens with zero attached hydrogens (tertiary/aromatic N) is 2. The van der Waals surface area contributed by atoms with Crippen LogP contribution in [0.3, 0.4) is 0 Å². The first-order chi connectivity index (χ1) is 7.91. The van der Waals surface area contributed by atoms with Gasteiger partial charge in [-0.15, -0.1) is 0 Å². The van der Waals surface area contributed by atoms with Crippen LogP contribution < -0.4 is 0 Å². The Hall–Kier alpha value is -1.10. The number of carbonyl (C=O) groups excluding carboxylic acids is 1. The summed E-state index contributed by atoms with van der Waals surface area (Å²) < 4.78 is 0. The van der Waals surface area contributed by atoms with Gasteiger partial charge < -0.3 is 10.0 Å². The fourth-order valence-electron chi connectivity index (χ4n) is 2.16. The van der Waals surface area contributed by atoms with Gasteiger partial charge in [-0.2, -0.15) is 0 Å². The van der Waals surface area contributed by atoms with Crippen LogP contribution >= 0.6 is 0 Å². The monoisotopic (exact) mass is 242 g/mol. The van der Waals surface area contributed by atoms with Gasteiger partial charge in [0.2, 0.25) is 5.91 Å². The summed E-state index contributed by atoms with van der Waals surface area (Å²) >= 11 is 0. The molecule has 0 saturated carbocycles. The van der Waals surface area contributed by atoms with Crippen molar-refractivity contribution in [2.45, 2.75) is 45.2 Å². The lowest BCUT2D eigenvalue weighted by Gasteiger charge is -2.42. The Morgan fingerprint density at radius 3 is 2.18 bits per heavy atom. The molecule has 2 atom stereocenters. The topological polar surface area (TPSA) is 60.9 Å². The first-order valence-corrected chi connectivity index (χ1v) is 6.13. The molecule has 1 heterocycles. The van der Waals surface area contributed by atoms with Crippen LogP contribution in [-0.4, -0.2) is 59.0 Å². The van der Waals surface area contributed by atoms with Gasteiger partial charge >= 0.3 is 5.97 Å². The Morgan fingerprint density at radius 1 is 1.18 bits per heavy atom. The largest absolute Gasteiger partial charge is 0.481 e. The van der Waals surface area contributed by atoms with Crippen molar-refractivity contribution in [3.63, 3.8) is 0 Å². The second-order valence-corrected chi connectivity index (χ2v) is 4.91. The van der Waals surface area contributed by atoms with Crippen LogP contribution in [0.25, 0.3) is 0 Å². The average molecular weight is 242 g/mol. The van der Waals surface area contributed by atoms with Gasteiger partial charge in [-0.25, -0.2) is 0 Å². The zero-order valence-electron chi connectivity index (χ0n) is 10.8. The molecule has 1 aliphatic heterocycles. The molecule has 0 aromatic carbocycles. The number of hydrogen-bond donors (Lipinski definition) is 1. The lowest BCUT2D eigenvalue weighted by atomic mass is 10.1. The zero-order valence-corrected chi connectivity index (χ0v) is 10.8. The number of carboxylic acid groups (broad SMARTS) is 1. The van der Waals surface area contributed by atoms with Crippen LogP contribution in [-0.2, 0) is 9.59 Å². The Labute approximate surface area is 102 Å². The van der Waals surface area contributed by atoms with Gasteiger partial charge in [0.15, 0.2) is 0 Å². The molecule has 1 N–H and O–H groups in total. The molecule has 0 aromatic rings. The van der Waals surface area contributed by atoms with Crippen LogP contribution in [0.4, 0.5) is 0 Å². The molecule has 1 aliphatic rings. The summed E-state index contributed by atoms with van der Waals surface area (Å²) in [6.07, 6.45) is 0.851. The molecular weight excluding hydrogens is 220 g/mol. The molecule has 5 nitrogen and oxygen atoms in total. The SMILES string of the molecule is CC1CN(C(=O)CCCC(=O)O)CC(C)N1C. The molecule has 1 amide bonds. The minimum absolute atomic E-state index is 0.0740. The van der Waals surface area contributed by atoms with Crippen molar-refractivity contribution in [3.05, 3.63) is 0 Å². The molecule has 0 aromatic heterocycles. The van der Waals surface area contributed by atoms with Crippen molar-refractivity contribution in [1.29, 1.82) is 0 Å². The molecule has 5 heteroatoms. The molecule has 98 valence electrons. The van der Waals surface area contributed by atoms with Crippen LogP contribution in [0.5, 0.6) is 0 Å². The second kappa shape index (κ2) is 6.00. The summed E-state index contributed by atoms with van der Waals surface area (Å²) in [7, 11) is 2.07. The third-order valence-electron chi connectivity index (χ3n) is 3.49. The lowest BCUT2D eigenvalue weighted by Crippen LogP contribution is -2.56. The highest BCUT2D eigenvalue weighted by molar-refractivity contribution is 5.77. The fraction of sp³-hybridized carbons (Fsp3) is 0.833. The summed E-state index contributed by atoms with van der Waals surface area (Å²) in [5, 5.41) is 8.52. The molecule has 1 fully saturated rings. The normalized spacial score (nSPS) is 25.9. The maximum Gasteiger partial charge on any atom is 0.303 e. The van der Waals surface area contributed by atoms with Gasteiger partial charge in [-0.05, 0) is 27.3 Å². The van der Waals surface area contributed by atoms with E-state index in [4.69, 9.17) is 5.11 Å². The van der Waals surface area contributed by atoms with E-state index in [-0.39, 0.29) is 12.3 Å². The van der Waals surface area contributed by atoms with Gasteiger partial charge in [0.05, 0.1) is 0 Å². The first kappa shape index (κ1) is 14.0. The molecular formula is C12H22N2O3. The smallest absolute Gasteiger partial charge is 0.303 e. The maximum atomic E-state index is 11.9. The van der Waals surface area contributed by atoms with Gasteiger partial charge in [0.1, 0.15) is 0 Å². The van der Waals surface area contributed by atoms with E-state index < -0.39 is 5.97 Å². The third-order valence-corrected chi connectivity index (χ3v) is 3.49. The van der Waals surface area contributed by atoms with E-state index in [2.05, 4.69) is 25.8 Å². The standard InChI is InChI=1S/C12H22N2O3/c1-9-7-14(8-10(2)13(9)3)11(15)5-4-6-12(16)17/h9-10H,4-8H2,1-3H3,(H,16,17). The van der Waals surface area contributed by atoms with Crippen LogP contribution in [0.2, 0.25) is 0 Å². The zero-order chi connectivity index (χ0) is 13.0. The van der Waals surface area contributed by atoms with Crippen LogP contribution in [0.1, 0.15) is 33.1 Å². The summed E-state index contributed by atoms with van der Waals surface area (Å²) in [6, 6.07) is 0.726. The highest BCUT2D eigenvalue weighted by Gasteiger charge is 2.28. The molecule has 1 rings (SSSR count). The van der Waals surface area contributed by atoms with E-state index in [0.717, 1.165) is 13.1 Å². The van der Waals surface area contributed by atoms with Gasteiger partial charge in [0.25, 0.3) is 0 Å². The summed E-state index contributed by atoms with van der Waals surface area (Å²) in [6.45, 7) is 5.69. The Morgan fingerprint density at radius 2 is 1.71 bits per heavy atom. The molecule has 0 spiro atoms. The number of amides is 1. The highest BCUT2D eigenvalue weighted by atomic mass is 16.4. The minimum atomic E-state index is -0.835. The van der Waals surface area contributed by atoms with Gasteiger partial charge in [-0.3, -0.25) is 14.5 Å². The maximum absolute atomic E-state index is 11.9. The van der Waals surface area contributed by atoms with E-state index in [1.165, 1.54) is 0 Å². The van der Waals surface area contributed by atoms with Crippen molar-refractivity contribution in [3.8, 4) is 0 Å². The van der Waals surface area contributed by atoms with Crippen LogP contribution in [0, 0.1) is 0 Å². The number of carboxylic acids is 1. The average Bonchev–Trinajstić information content (AvgIpc) is 2.24. The molecule has 0 aliphatic carbocycles. The number of likely N-dealkylation sites (N-methyl/N-ethyl adjacent to an activating group) is 1. The molecule has 17 heavy (non-hydrogen) atoms. The summed E-state index contributed by atoms with van der Waals surface area (Å²) in [5.41, 5.74) is 0. The summed E-state index contributed by atoms with van der Waals surface area (Å²) in [4.78, 5) is 26.4. The van der Waals surface area contributed by atoms with Gasteiger partial charge in [0, 0.05) is 38.0 Å². The molecule has 2 unspecified atom stereocenters. The second-order valence-electron chi connectivity index (χ2n) is 4.91. The quantitative estimate of drug-likeness (QED) is 0.792. The van der Waals surface area contributed by atoms with E-state index in [1.807, 2.05) is 4.90 Å². The fourth-order valence-corrected chi connectivity index (χ4v) is 2.16. The van der Waals surface area contributed by atoms with Crippen molar-refractivity contribution in [1.82, 2.24) is 9.80 Å². The Balaban J connectivity index is 2.39. The van der Waals surface area contributed by atoms with E-state index in [1.54, 1.807) is 0 Å². The van der Waals surface area contributed by atoms with Crippen molar-refractivity contribution in [2.75, 3.05) is 20.1 Å². The lowest BCUT2D eigenvalue weighted by molar-refractivity contribution is -0.138. The highest BCUT2D eigenvalue weighted by Crippen LogP contribution is 2.14. The number of piperazine rings is 1. The number of aliphatic carboxylic acids is 1. The predicted octanol–water partition coefficient (Wildman–Crippen LogP) is 0.792. The van der Waals surface area contributed by atoms with Crippen molar-refractivity contribution < 1.29 is 14.7 Å². The van der Waals surface area contributed by atoms with Crippen molar-refractivity contribution in [2.24, 2.45) is 0 Å². The Bertz CT molecular complexity index is 281. The summed E-state index contributed by atoms with van der Waals surface area (Å²) in [5.74, 6) is -0.754. The Kier molecular flexibility index (Phi) is 4.93. The molecule has 1 saturated heterocycles. The van der Waals surface area contributed by atoms with Crippen LogP contribution in [0.15, 0.2) is 0 Å². The predicted molar refractivity (Wildman–Crippen MR) is 64.8 cm³/mol. The minimum Gasteiger partial charge on any atom is -0.481 e. The van der Waals surface area contributed by atoms with Gasteiger partial charge in [-0.1, -0.05) is 0 Å². The first-order valence-electron chi connectivity index (χ1n) is 6.13. The molecule has 0 radical (unpaired) electrons.